The predicted molar refractivity (Wildman–Crippen MR) is 126 cm³/mol. The minimum Gasteiger partial charge on any atom is -0.497 e. The van der Waals surface area contributed by atoms with E-state index in [9.17, 15) is 14.4 Å². The molecule has 176 valence electrons. The average molecular weight is 462 g/mol. The van der Waals surface area contributed by atoms with Crippen LogP contribution in [0.1, 0.15) is 39.4 Å². The summed E-state index contributed by atoms with van der Waals surface area (Å²) in [6, 6.07) is 12.6. The Morgan fingerprint density at radius 3 is 2.41 bits per heavy atom. The number of piperazine rings is 1. The zero-order valence-corrected chi connectivity index (χ0v) is 19.1. The Labute approximate surface area is 197 Å². The van der Waals surface area contributed by atoms with E-state index >= 15 is 0 Å². The highest BCUT2D eigenvalue weighted by Gasteiger charge is 2.34. The van der Waals surface area contributed by atoms with Crippen LogP contribution in [0, 0.1) is 0 Å². The number of carbonyl (C=O) groups is 3. The highest BCUT2D eigenvalue weighted by molar-refractivity contribution is 6.21. The van der Waals surface area contributed by atoms with Gasteiger partial charge >= 0.3 is 0 Å². The smallest absolute Gasteiger partial charge is 0.261 e. The molecule has 0 bridgehead atoms. The molecule has 2 aliphatic heterocycles. The first-order valence-electron chi connectivity index (χ1n) is 11.5. The van der Waals surface area contributed by atoms with Gasteiger partial charge in [-0.25, -0.2) is 4.98 Å². The largest absolute Gasteiger partial charge is 0.497 e. The third-order valence-electron chi connectivity index (χ3n) is 6.49. The molecular formula is C25H27N5O4. The Bertz CT molecular complexity index is 1210. The van der Waals surface area contributed by atoms with E-state index in [4.69, 9.17) is 4.74 Å². The van der Waals surface area contributed by atoms with Gasteiger partial charge in [-0.15, -0.1) is 0 Å². The molecule has 0 unspecified atom stereocenters. The summed E-state index contributed by atoms with van der Waals surface area (Å²) in [5.74, 6) is 1.20. The zero-order valence-electron chi connectivity index (χ0n) is 19.1. The first-order chi connectivity index (χ1) is 16.5. The normalized spacial score (nSPS) is 16.4. The SMILES string of the molecule is COc1ccc2nc(CN3CCN(C(=O)CCCN4C(=O)c5ccccc5C4=O)CC3)[nH]c2c1. The minimum atomic E-state index is -0.273. The van der Waals surface area contributed by atoms with E-state index in [0.717, 1.165) is 35.7 Å². The van der Waals surface area contributed by atoms with E-state index in [2.05, 4.69) is 14.9 Å². The van der Waals surface area contributed by atoms with Gasteiger partial charge in [-0.2, -0.15) is 0 Å². The summed E-state index contributed by atoms with van der Waals surface area (Å²) >= 11 is 0. The molecule has 0 spiro atoms. The van der Waals surface area contributed by atoms with Crippen LogP contribution in [0.5, 0.6) is 5.75 Å². The number of nitrogens with zero attached hydrogens (tertiary/aromatic N) is 4. The van der Waals surface area contributed by atoms with Gasteiger partial charge in [-0.1, -0.05) is 12.1 Å². The number of rotatable bonds is 7. The van der Waals surface area contributed by atoms with Crippen molar-refractivity contribution in [2.24, 2.45) is 0 Å². The molecule has 0 atom stereocenters. The van der Waals surface area contributed by atoms with Crippen molar-refractivity contribution in [3.63, 3.8) is 0 Å². The van der Waals surface area contributed by atoms with Crippen molar-refractivity contribution in [1.82, 2.24) is 24.7 Å². The molecule has 3 aromatic rings. The molecule has 0 saturated carbocycles. The molecule has 3 amide bonds. The van der Waals surface area contributed by atoms with E-state index in [1.165, 1.54) is 4.90 Å². The van der Waals surface area contributed by atoms with Crippen LogP contribution in [0.3, 0.4) is 0 Å². The van der Waals surface area contributed by atoms with Gasteiger partial charge in [-0.05, 0) is 30.7 Å². The topological polar surface area (TPSA) is 98.8 Å². The Balaban J connectivity index is 1.08. The molecule has 1 saturated heterocycles. The Morgan fingerprint density at radius 1 is 1.03 bits per heavy atom. The summed E-state index contributed by atoms with van der Waals surface area (Å²) in [5, 5.41) is 0. The summed E-state index contributed by atoms with van der Waals surface area (Å²) in [6.07, 6.45) is 0.784. The molecule has 2 aromatic carbocycles. The molecule has 1 aromatic heterocycles. The van der Waals surface area contributed by atoms with E-state index < -0.39 is 0 Å². The number of imidazole rings is 1. The first kappa shape index (κ1) is 22.1. The quantitative estimate of drug-likeness (QED) is 0.542. The van der Waals surface area contributed by atoms with Crippen LogP contribution < -0.4 is 4.74 Å². The Hall–Kier alpha value is -3.72. The van der Waals surface area contributed by atoms with Crippen LogP contribution in [0.4, 0.5) is 0 Å². The number of amides is 3. The van der Waals surface area contributed by atoms with Crippen molar-refractivity contribution < 1.29 is 19.1 Å². The number of hydrogen-bond acceptors (Lipinski definition) is 6. The number of hydrogen-bond donors (Lipinski definition) is 1. The lowest BCUT2D eigenvalue weighted by Crippen LogP contribution is -2.48. The minimum absolute atomic E-state index is 0.0621. The van der Waals surface area contributed by atoms with Gasteiger partial charge in [0, 0.05) is 45.2 Å². The first-order valence-corrected chi connectivity index (χ1v) is 11.5. The van der Waals surface area contributed by atoms with Gasteiger partial charge in [0.15, 0.2) is 0 Å². The number of aromatic amines is 1. The summed E-state index contributed by atoms with van der Waals surface area (Å²) in [7, 11) is 1.64. The Kier molecular flexibility index (Phi) is 6.02. The lowest BCUT2D eigenvalue weighted by Gasteiger charge is -2.34. The van der Waals surface area contributed by atoms with Gasteiger partial charge in [0.05, 0.1) is 35.8 Å². The van der Waals surface area contributed by atoms with Crippen molar-refractivity contribution in [3.05, 3.63) is 59.4 Å². The fourth-order valence-corrected chi connectivity index (χ4v) is 4.60. The number of methoxy groups -OCH3 is 1. The van der Waals surface area contributed by atoms with Gasteiger partial charge in [0.2, 0.25) is 5.91 Å². The molecule has 1 fully saturated rings. The second kappa shape index (κ2) is 9.26. The van der Waals surface area contributed by atoms with Crippen LogP contribution in [0.25, 0.3) is 11.0 Å². The molecule has 3 heterocycles. The summed E-state index contributed by atoms with van der Waals surface area (Å²) in [5.41, 5.74) is 2.74. The second-order valence-corrected chi connectivity index (χ2v) is 8.63. The van der Waals surface area contributed by atoms with E-state index in [0.29, 0.717) is 43.6 Å². The summed E-state index contributed by atoms with van der Waals surface area (Å²) in [6.45, 7) is 3.79. The Morgan fingerprint density at radius 2 is 1.74 bits per heavy atom. The molecule has 2 aliphatic rings. The average Bonchev–Trinajstić information content (AvgIpc) is 3.37. The van der Waals surface area contributed by atoms with Gasteiger partial charge < -0.3 is 14.6 Å². The zero-order chi connectivity index (χ0) is 23.7. The maximum Gasteiger partial charge on any atom is 0.261 e. The van der Waals surface area contributed by atoms with Crippen LogP contribution >= 0.6 is 0 Å². The predicted octanol–water partition coefficient (Wildman–Crippen LogP) is 2.29. The highest BCUT2D eigenvalue weighted by atomic mass is 16.5. The number of imide groups is 1. The monoisotopic (exact) mass is 461 g/mol. The second-order valence-electron chi connectivity index (χ2n) is 8.63. The van der Waals surface area contributed by atoms with E-state index in [1.807, 2.05) is 23.1 Å². The molecule has 0 aliphatic carbocycles. The lowest BCUT2D eigenvalue weighted by atomic mass is 10.1. The number of aromatic nitrogens is 2. The van der Waals surface area contributed by atoms with Crippen LogP contribution in [-0.4, -0.2) is 82.2 Å². The maximum atomic E-state index is 12.7. The molecule has 9 heteroatoms. The van der Waals surface area contributed by atoms with Crippen molar-refractivity contribution in [2.75, 3.05) is 39.8 Å². The maximum absolute atomic E-state index is 12.7. The summed E-state index contributed by atoms with van der Waals surface area (Å²) < 4.78 is 5.27. The molecule has 0 radical (unpaired) electrons. The van der Waals surface area contributed by atoms with E-state index in [-0.39, 0.29) is 24.3 Å². The van der Waals surface area contributed by atoms with Gasteiger partial charge in [0.1, 0.15) is 11.6 Å². The number of nitrogens with one attached hydrogen (secondary N) is 1. The van der Waals surface area contributed by atoms with Gasteiger partial charge in [-0.3, -0.25) is 24.2 Å². The van der Waals surface area contributed by atoms with Crippen LogP contribution in [0.15, 0.2) is 42.5 Å². The molecule has 34 heavy (non-hydrogen) atoms. The summed E-state index contributed by atoms with van der Waals surface area (Å²) in [4.78, 5) is 51.0. The number of benzene rings is 2. The van der Waals surface area contributed by atoms with Crippen molar-refractivity contribution >= 4 is 28.8 Å². The molecule has 5 rings (SSSR count). The number of carbonyl (C=O) groups excluding carboxylic acids is 3. The third kappa shape index (κ3) is 4.26. The van der Waals surface area contributed by atoms with Crippen LogP contribution in [0.2, 0.25) is 0 Å². The molecular weight excluding hydrogens is 434 g/mol. The number of H-pyrrole nitrogens is 1. The van der Waals surface area contributed by atoms with Crippen LogP contribution in [-0.2, 0) is 11.3 Å². The number of fused-ring (bicyclic) bond motifs is 2. The number of ether oxygens (including phenoxy) is 1. The molecule has 9 nitrogen and oxygen atoms in total. The highest BCUT2D eigenvalue weighted by Crippen LogP contribution is 2.23. The standard InChI is InChI=1S/C25H27N5O4/c1-34-17-8-9-20-21(15-17)27-22(26-20)16-28-11-13-29(14-12-28)23(31)7-4-10-30-24(32)18-5-2-3-6-19(18)25(30)33/h2-3,5-6,8-9,15H,4,7,10-14,16H2,1H3,(H,26,27). The van der Waals surface area contributed by atoms with Gasteiger partial charge in [0.25, 0.3) is 11.8 Å². The fourth-order valence-electron chi connectivity index (χ4n) is 4.60. The van der Waals surface area contributed by atoms with Crippen molar-refractivity contribution in [1.29, 1.82) is 0 Å². The third-order valence-corrected chi connectivity index (χ3v) is 6.49. The molecule has 1 N–H and O–H groups in total. The lowest BCUT2D eigenvalue weighted by molar-refractivity contribution is -0.133. The fraction of sp³-hybridized carbons (Fsp3) is 0.360. The van der Waals surface area contributed by atoms with Crippen molar-refractivity contribution in [2.45, 2.75) is 19.4 Å². The van der Waals surface area contributed by atoms with E-state index in [1.54, 1.807) is 31.4 Å². The van der Waals surface area contributed by atoms with Crippen molar-refractivity contribution in [3.8, 4) is 5.75 Å².